The van der Waals surface area contributed by atoms with Crippen molar-refractivity contribution in [3.8, 4) is 34.7 Å². The van der Waals surface area contributed by atoms with E-state index in [1.165, 1.54) is 0 Å². The number of methoxy groups -OCH3 is 1. The average molecular weight is 744 g/mol. The van der Waals surface area contributed by atoms with E-state index in [2.05, 4.69) is 42.5 Å². The van der Waals surface area contributed by atoms with Crippen LogP contribution in [0.4, 0.5) is 15.8 Å². The van der Waals surface area contributed by atoms with Gasteiger partial charge in [0.1, 0.15) is 22.9 Å². The van der Waals surface area contributed by atoms with Gasteiger partial charge in [-0.2, -0.15) is 5.26 Å². The lowest BCUT2D eigenvalue weighted by Gasteiger charge is -2.37. The molecule has 0 spiro atoms. The van der Waals surface area contributed by atoms with Crippen LogP contribution in [0.2, 0.25) is 0 Å². The quantitative estimate of drug-likeness (QED) is 0.103. The fourth-order valence-corrected chi connectivity index (χ4v) is 7.08. The van der Waals surface area contributed by atoms with Gasteiger partial charge in [0.25, 0.3) is 0 Å². The number of halogens is 1. The van der Waals surface area contributed by atoms with Crippen LogP contribution in [0.3, 0.4) is 0 Å². The number of benzene rings is 6. The van der Waals surface area contributed by atoms with Crippen LogP contribution in [0.25, 0.3) is 11.4 Å². The number of hydrogen-bond acceptors (Lipinski definition) is 7. The Labute approximate surface area is 327 Å². The van der Waals surface area contributed by atoms with Gasteiger partial charge in [-0.05, 0) is 73.9 Å². The maximum atomic E-state index is 17.0. The van der Waals surface area contributed by atoms with Crippen LogP contribution in [0, 0.1) is 17.1 Å². The fraction of sp³-hybridized carbons (Fsp3) is 0.170. The molecule has 1 aromatic heterocycles. The second-order valence-corrected chi connectivity index (χ2v) is 13.4. The van der Waals surface area contributed by atoms with Crippen molar-refractivity contribution in [3.05, 3.63) is 186 Å². The third-order valence-electron chi connectivity index (χ3n) is 9.48. The third kappa shape index (κ3) is 7.29. The Bertz CT molecular complexity index is 2330. The van der Waals surface area contributed by atoms with E-state index in [4.69, 9.17) is 24.3 Å². The SMILES string of the molecule is CCOc1cc(OC(C)C)c(F)c(N(Cc2nc(-c3ccccc3OC)nn2C(c2ccccc2)(c2ccccc2)c2ccccc2)c2ccc(C#N)cc2)c1. The summed E-state index contributed by atoms with van der Waals surface area (Å²) >= 11 is 0. The van der Waals surface area contributed by atoms with Crippen molar-refractivity contribution < 1.29 is 18.6 Å². The zero-order valence-electron chi connectivity index (χ0n) is 31.8. The lowest BCUT2D eigenvalue weighted by Crippen LogP contribution is -2.40. The first-order valence-corrected chi connectivity index (χ1v) is 18.5. The van der Waals surface area contributed by atoms with Crippen molar-refractivity contribution in [3.63, 3.8) is 0 Å². The zero-order valence-corrected chi connectivity index (χ0v) is 31.8. The summed E-state index contributed by atoms with van der Waals surface area (Å²) < 4.78 is 36.8. The van der Waals surface area contributed by atoms with E-state index < -0.39 is 11.4 Å². The van der Waals surface area contributed by atoms with Crippen molar-refractivity contribution in [2.45, 2.75) is 39.0 Å². The van der Waals surface area contributed by atoms with E-state index in [1.807, 2.05) is 109 Å². The van der Waals surface area contributed by atoms with Gasteiger partial charge in [0.05, 0.1) is 49.2 Å². The predicted molar refractivity (Wildman–Crippen MR) is 217 cm³/mol. The van der Waals surface area contributed by atoms with E-state index in [0.29, 0.717) is 46.6 Å². The minimum absolute atomic E-state index is 0.0376. The number of hydrogen-bond donors (Lipinski definition) is 0. The molecular formula is C47H42FN5O3. The van der Waals surface area contributed by atoms with Gasteiger partial charge in [-0.1, -0.05) is 103 Å². The molecule has 0 radical (unpaired) electrons. The second-order valence-electron chi connectivity index (χ2n) is 13.4. The zero-order chi connectivity index (χ0) is 39.1. The second kappa shape index (κ2) is 16.6. The Morgan fingerprint density at radius 2 is 1.34 bits per heavy atom. The summed E-state index contributed by atoms with van der Waals surface area (Å²) in [4.78, 5) is 7.13. The highest BCUT2D eigenvalue weighted by molar-refractivity contribution is 5.69. The molecule has 0 aliphatic carbocycles. The number of nitrogens with zero attached hydrogens (tertiary/aromatic N) is 5. The first-order chi connectivity index (χ1) is 27.4. The molecule has 0 N–H and O–H groups in total. The molecule has 0 bridgehead atoms. The van der Waals surface area contributed by atoms with Gasteiger partial charge in [-0.25, -0.2) is 14.1 Å². The number of aromatic nitrogens is 3. The normalized spacial score (nSPS) is 11.2. The van der Waals surface area contributed by atoms with Crippen molar-refractivity contribution >= 4 is 11.4 Å². The van der Waals surface area contributed by atoms with Crippen LogP contribution >= 0.6 is 0 Å². The highest BCUT2D eigenvalue weighted by Gasteiger charge is 2.42. The van der Waals surface area contributed by atoms with Crippen LogP contribution in [0.5, 0.6) is 17.2 Å². The van der Waals surface area contributed by atoms with Crippen LogP contribution in [-0.4, -0.2) is 34.6 Å². The summed E-state index contributed by atoms with van der Waals surface area (Å²) in [6.45, 7) is 5.98. The van der Waals surface area contributed by atoms with Crippen LogP contribution in [0.15, 0.2) is 152 Å². The summed E-state index contributed by atoms with van der Waals surface area (Å²) in [7, 11) is 1.62. The van der Waals surface area contributed by atoms with E-state index in [-0.39, 0.29) is 24.1 Å². The average Bonchev–Trinajstić information content (AvgIpc) is 3.66. The lowest BCUT2D eigenvalue weighted by molar-refractivity contribution is 0.229. The van der Waals surface area contributed by atoms with Gasteiger partial charge in [0.2, 0.25) is 0 Å². The Morgan fingerprint density at radius 3 is 1.88 bits per heavy atom. The minimum atomic E-state index is -1.06. The molecular weight excluding hydrogens is 702 g/mol. The van der Waals surface area contributed by atoms with E-state index >= 15 is 4.39 Å². The first kappa shape index (κ1) is 37.4. The third-order valence-corrected chi connectivity index (χ3v) is 9.48. The molecule has 56 heavy (non-hydrogen) atoms. The maximum absolute atomic E-state index is 17.0. The number of anilines is 2. The molecule has 0 unspecified atom stereocenters. The smallest absolute Gasteiger partial charge is 0.188 e. The molecule has 0 aliphatic heterocycles. The van der Waals surface area contributed by atoms with Gasteiger partial charge in [0.15, 0.2) is 17.4 Å². The molecule has 0 fully saturated rings. The van der Waals surface area contributed by atoms with E-state index in [1.54, 1.807) is 43.5 Å². The molecule has 1 heterocycles. The summed E-state index contributed by atoms with van der Waals surface area (Å²) in [5.41, 5.74) is 3.76. The Hall–Kier alpha value is -6.92. The van der Waals surface area contributed by atoms with E-state index in [0.717, 1.165) is 16.7 Å². The van der Waals surface area contributed by atoms with Gasteiger partial charge >= 0.3 is 0 Å². The molecule has 7 rings (SSSR count). The molecule has 0 saturated heterocycles. The molecule has 0 amide bonds. The molecule has 8 nitrogen and oxygen atoms in total. The Balaban J connectivity index is 1.57. The largest absolute Gasteiger partial charge is 0.496 e. The topological polar surface area (TPSA) is 85.4 Å². The molecule has 7 aromatic rings. The maximum Gasteiger partial charge on any atom is 0.188 e. The first-order valence-electron chi connectivity index (χ1n) is 18.5. The lowest BCUT2D eigenvalue weighted by atomic mass is 9.77. The summed E-state index contributed by atoms with van der Waals surface area (Å²) in [6, 6.07) is 50.7. The van der Waals surface area contributed by atoms with Crippen molar-refractivity contribution in [2.24, 2.45) is 0 Å². The van der Waals surface area contributed by atoms with Gasteiger partial charge < -0.3 is 19.1 Å². The van der Waals surface area contributed by atoms with Crippen LogP contribution in [0.1, 0.15) is 48.8 Å². The molecule has 0 saturated carbocycles. The number of para-hydroxylation sites is 1. The molecule has 6 aromatic carbocycles. The summed E-state index contributed by atoms with van der Waals surface area (Å²) in [6.07, 6.45) is -0.299. The van der Waals surface area contributed by atoms with Crippen molar-refractivity contribution in [2.75, 3.05) is 18.6 Å². The molecule has 0 aliphatic rings. The predicted octanol–water partition coefficient (Wildman–Crippen LogP) is 10.3. The van der Waals surface area contributed by atoms with Crippen LogP contribution < -0.4 is 19.1 Å². The Kier molecular flexibility index (Phi) is 11.1. The highest BCUT2D eigenvalue weighted by atomic mass is 19.1. The van der Waals surface area contributed by atoms with Gasteiger partial charge in [-0.15, -0.1) is 5.10 Å². The molecule has 280 valence electrons. The number of ether oxygens (including phenoxy) is 3. The summed E-state index contributed by atoms with van der Waals surface area (Å²) in [5.74, 6) is 1.49. The minimum Gasteiger partial charge on any atom is -0.496 e. The molecule has 9 heteroatoms. The van der Waals surface area contributed by atoms with Gasteiger partial charge in [-0.3, -0.25) is 0 Å². The number of nitriles is 1. The van der Waals surface area contributed by atoms with Crippen molar-refractivity contribution in [1.29, 1.82) is 5.26 Å². The van der Waals surface area contributed by atoms with Gasteiger partial charge in [0, 0.05) is 17.8 Å². The van der Waals surface area contributed by atoms with E-state index in [9.17, 15) is 5.26 Å². The monoisotopic (exact) mass is 743 g/mol. The Morgan fingerprint density at radius 1 is 0.768 bits per heavy atom. The summed E-state index contributed by atoms with van der Waals surface area (Å²) in [5, 5.41) is 15.1. The van der Waals surface area contributed by atoms with Crippen LogP contribution in [-0.2, 0) is 12.1 Å². The number of rotatable bonds is 14. The molecule has 0 atom stereocenters. The van der Waals surface area contributed by atoms with Crippen molar-refractivity contribution in [1.82, 2.24) is 14.8 Å². The standard InChI is InChI=1S/C47H42FN5O3/c1-5-55-39-29-41(45(48)43(30-39)56-33(2)3)52(38-27-25-34(31-49)26-28-38)32-44-50-46(40-23-15-16-24-42(40)54-4)51-53(44)47(35-17-9-6-10-18-35,36-19-11-7-12-20-36)37-21-13-8-14-22-37/h6-30,33H,5,32H2,1-4H3. The fourth-order valence-electron chi connectivity index (χ4n) is 7.08. The highest BCUT2D eigenvalue weighted by Crippen LogP contribution is 2.44.